The van der Waals surface area contributed by atoms with Crippen LogP contribution in [0.4, 0.5) is 4.39 Å². The van der Waals surface area contributed by atoms with Crippen LogP contribution in [0.25, 0.3) is 11.1 Å². The van der Waals surface area contributed by atoms with Gasteiger partial charge in [-0.2, -0.15) is 0 Å². The first kappa shape index (κ1) is 29.9. The van der Waals surface area contributed by atoms with Crippen LogP contribution >= 0.6 is 11.6 Å². The molecule has 0 aliphatic carbocycles. The molecular formula is C31H40ClFN2O3. The normalized spacial score (nSPS) is 15.4. The molecule has 0 saturated carbocycles. The number of aliphatic hydroxyl groups excluding tert-OH is 1. The number of carbonyl (C=O) groups excluding carboxylic acids is 1. The summed E-state index contributed by atoms with van der Waals surface area (Å²) in [7, 11) is 0. The Balaban J connectivity index is 1.82. The molecule has 1 saturated heterocycles. The standard InChI is InChI=1S/C31H40ClFN2O3/c1-20(2)34-31(37)19-28(22(4)24-8-10-30(33)29(32)17-24)23(5)27-18-26(9-7-21(27)3)38-16-6-13-35-14-11-25(36)12-15-35/h7-10,17-18,20,25,36H,4,6,11-16,19H2,1-3,5H3,(H,34,37)/b28-23-. The van der Waals surface area contributed by atoms with E-state index in [4.69, 9.17) is 16.3 Å². The van der Waals surface area contributed by atoms with Crippen LogP contribution in [-0.4, -0.2) is 54.3 Å². The van der Waals surface area contributed by atoms with Crippen LogP contribution in [0.2, 0.25) is 5.02 Å². The maximum Gasteiger partial charge on any atom is 0.224 e. The number of allylic oxidation sites excluding steroid dienone is 2. The Kier molecular flexibility index (Phi) is 11.0. The Morgan fingerprint density at radius 2 is 1.95 bits per heavy atom. The molecule has 5 nitrogen and oxygen atoms in total. The first-order valence-corrected chi connectivity index (χ1v) is 13.7. The van der Waals surface area contributed by atoms with E-state index >= 15 is 0 Å². The van der Waals surface area contributed by atoms with Gasteiger partial charge in [-0.1, -0.05) is 30.3 Å². The van der Waals surface area contributed by atoms with E-state index in [-0.39, 0.29) is 29.5 Å². The molecule has 1 fully saturated rings. The zero-order valence-corrected chi connectivity index (χ0v) is 23.7. The first-order chi connectivity index (χ1) is 18.0. The number of likely N-dealkylation sites (tertiary alicyclic amines) is 1. The van der Waals surface area contributed by atoms with Crippen molar-refractivity contribution in [3.8, 4) is 5.75 Å². The number of halogens is 2. The van der Waals surface area contributed by atoms with E-state index in [9.17, 15) is 14.3 Å². The second-order valence-electron chi connectivity index (χ2n) is 10.4. The highest BCUT2D eigenvalue weighted by molar-refractivity contribution is 6.31. The number of hydrogen-bond donors (Lipinski definition) is 2. The number of hydrogen-bond acceptors (Lipinski definition) is 4. The average molecular weight is 543 g/mol. The molecule has 2 aromatic rings. The van der Waals surface area contributed by atoms with Crippen LogP contribution < -0.4 is 10.1 Å². The number of nitrogens with zero attached hydrogens (tertiary/aromatic N) is 1. The van der Waals surface area contributed by atoms with E-state index in [0.29, 0.717) is 17.7 Å². The SMILES string of the molecule is C=C(/C(CC(=O)NC(C)C)=C(/C)c1cc(OCCCN2CCC(O)CC2)ccc1C)c1ccc(F)c(Cl)c1. The van der Waals surface area contributed by atoms with Gasteiger partial charge < -0.3 is 20.1 Å². The molecule has 2 aromatic carbocycles. The predicted octanol–water partition coefficient (Wildman–Crippen LogP) is 6.41. The quantitative estimate of drug-likeness (QED) is 0.254. The molecule has 3 rings (SSSR count). The number of ether oxygens (including phenoxy) is 1. The molecule has 1 amide bonds. The van der Waals surface area contributed by atoms with E-state index in [1.54, 1.807) is 12.1 Å². The van der Waals surface area contributed by atoms with Crippen molar-refractivity contribution < 1.29 is 19.0 Å². The largest absolute Gasteiger partial charge is 0.494 e. The number of aryl methyl sites for hydroxylation is 1. The smallest absolute Gasteiger partial charge is 0.224 e. The van der Waals surface area contributed by atoms with E-state index in [1.165, 1.54) is 6.07 Å². The molecule has 0 bridgehead atoms. The lowest BCUT2D eigenvalue weighted by Gasteiger charge is -2.29. The summed E-state index contributed by atoms with van der Waals surface area (Å²) in [6, 6.07) is 10.5. The second kappa shape index (κ2) is 13.9. The highest BCUT2D eigenvalue weighted by Crippen LogP contribution is 2.35. The molecule has 2 N–H and O–H groups in total. The summed E-state index contributed by atoms with van der Waals surface area (Å²) in [6.45, 7) is 15.5. The number of amides is 1. The van der Waals surface area contributed by atoms with Gasteiger partial charge in [0.05, 0.1) is 24.2 Å². The van der Waals surface area contributed by atoms with Crippen LogP contribution in [-0.2, 0) is 4.79 Å². The average Bonchev–Trinajstić information content (AvgIpc) is 2.87. The maximum absolute atomic E-state index is 13.8. The van der Waals surface area contributed by atoms with Gasteiger partial charge in [-0.25, -0.2) is 4.39 Å². The lowest BCUT2D eigenvalue weighted by Crippen LogP contribution is -2.36. The number of rotatable bonds is 11. The van der Waals surface area contributed by atoms with Crippen LogP contribution in [0, 0.1) is 12.7 Å². The third-order valence-electron chi connectivity index (χ3n) is 6.93. The third kappa shape index (κ3) is 8.42. The van der Waals surface area contributed by atoms with Crippen molar-refractivity contribution in [3.05, 3.63) is 76.1 Å². The van der Waals surface area contributed by atoms with Crippen LogP contribution in [0.1, 0.15) is 63.1 Å². The summed E-state index contributed by atoms with van der Waals surface area (Å²) in [5, 5.41) is 12.7. The Bertz CT molecular complexity index is 1170. The lowest BCUT2D eigenvalue weighted by atomic mass is 9.88. The Morgan fingerprint density at radius 1 is 1.24 bits per heavy atom. The van der Waals surface area contributed by atoms with Gasteiger partial charge >= 0.3 is 0 Å². The monoisotopic (exact) mass is 542 g/mol. The van der Waals surface area contributed by atoms with Gasteiger partial charge in [0.15, 0.2) is 0 Å². The topological polar surface area (TPSA) is 61.8 Å². The van der Waals surface area contributed by atoms with Gasteiger partial charge in [-0.3, -0.25) is 4.79 Å². The molecule has 0 unspecified atom stereocenters. The van der Waals surface area contributed by atoms with Crippen molar-refractivity contribution in [1.29, 1.82) is 0 Å². The van der Waals surface area contributed by atoms with Crippen molar-refractivity contribution in [2.24, 2.45) is 0 Å². The van der Waals surface area contributed by atoms with Crippen LogP contribution in [0.5, 0.6) is 5.75 Å². The minimum Gasteiger partial charge on any atom is -0.494 e. The van der Waals surface area contributed by atoms with E-state index in [0.717, 1.165) is 66.9 Å². The third-order valence-corrected chi connectivity index (χ3v) is 7.22. The van der Waals surface area contributed by atoms with E-state index < -0.39 is 5.82 Å². The fourth-order valence-electron chi connectivity index (χ4n) is 4.74. The number of nitrogens with one attached hydrogen (secondary N) is 1. The van der Waals surface area contributed by atoms with Crippen LogP contribution in [0.15, 0.2) is 48.6 Å². The Hall–Kier alpha value is -2.67. The number of piperidine rings is 1. The van der Waals surface area contributed by atoms with Gasteiger partial charge in [-0.05, 0) is 105 Å². The van der Waals surface area contributed by atoms with Gasteiger partial charge in [0, 0.05) is 25.7 Å². The zero-order chi connectivity index (χ0) is 27.8. The fraction of sp³-hybridized carbons (Fsp3) is 0.452. The second-order valence-corrected chi connectivity index (χ2v) is 10.8. The molecule has 38 heavy (non-hydrogen) atoms. The molecule has 0 spiro atoms. The minimum absolute atomic E-state index is 0.00561. The van der Waals surface area contributed by atoms with Crippen LogP contribution in [0.3, 0.4) is 0 Å². The summed E-state index contributed by atoms with van der Waals surface area (Å²) in [5.41, 5.74) is 4.98. The molecule has 0 radical (unpaired) electrons. The lowest BCUT2D eigenvalue weighted by molar-refractivity contribution is -0.120. The molecule has 7 heteroatoms. The van der Waals surface area contributed by atoms with E-state index in [1.807, 2.05) is 45.9 Å². The van der Waals surface area contributed by atoms with E-state index in [2.05, 4.69) is 16.8 Å². The summed E-state index contributed by atoms with van der Waals surface area (Å²) >= 11 is 6.05. The molecular weight excluding hydrogens is 503 g/mol. The summed E-state index contributed by atoms with van der Waals surface area (Å²) < 4.78 is 19.9. The minimum atomic E-state index is -0.499. The first-order valence-electron chi connectivity index (χ1n) is 13.3. The molecule has 0 atom stereocenters. The summed E-state index contributed by atoms with van der Waals surface area (Å²) in [4.78, 5) is 15.2. The maximum atomic E-state index is 13.8. The fourth-order valence-corrected chi connectivity index (χ4v) is 4.92. The highest BCUT2D eigenvalue weighted by Gasteiger charge is 2.19. The Labute approximate surface area is 231 Å². The van der Waals surface area contributed by atoms with Gasteiger partial charge in [0.1, 0.15) is 11.6 Å². The van der Waals surface area contributed by atoms with Crippen molar-refractivity contribution in [2.45, 2.75) is 65.5 Å². The molecule has 206 valence electrons. The van der Waals surface area contributed by atoms with Gasteiger partial charge in [0.2, 0.25) is 5.91 Å². The molecule has 1 aliphatic rings. The molecule has 0 aromatic heterocycles. The Morgan fingerprint density at radius 3 is 2.61 bits per heavy atom. The summed E-state index contributed by atoms with van der Waals surface area (Å²) in [5.74, 6) is 0.154. The number of carbonyl (C=O) groups is 1. The van der Waals surface area contributed by atoms with Crippen molar-refractivity contribution in [3.63, 3.8) is 0 Å². The predicted molar refractivity (Wildman–Crippen MR) is 154 cm³/mol. The van der Waals surface area contributed by atoms with Crippen molar-refractivity contribution >= 4 is 28.7 Å². The van der Waals surface area contributed by atoms with Crippen molar-refractivity contribution in [2.75, 3.05) is 26.2 Å². The highest BCUT2D eigenvalue weighted by atomic mass is 35.5. The van der Waals surface area contributed by atoms with Crippen molar-refractivity contribution in [1.82, 2.24) is 10.2 Å². The van der Waals surface area contributed by atoms with Gasteiger partial charge in [0.25, 0.3) is 0 Å². The van der Waals surface area contributed by atoms with Gasteiger partial charge in [-0.15, -0.1) is 0 Å². The number of aliphatic hydroxyl groups is 1. The number of benzene rings is 2. The molecule has 1 aliphatic heterocycles. The summed E-state index contributed by atoms with van der Waals surface area (Å²) in [6.07, 6.45) is 2.54. The molecule has 1 heterocycles. The zero-order valence-electron chi connectivity index (χ0n) is 22.9.